The summed E-state index contributed by atoms with van der Waals surface area (Å²) in [5.74, 6) is -1.57. The van der Waals surface area contributed by atoms with Crippen LogP contribution in [0.5, 0.6) is 0 Å². The number of nitrogens with one attached hydrogen (secondary N) is 1. The molecule has 2 unspecified atom stereocenters. The predicted molar refractivity (Wildman–Crippen MR) is 73.6 cm³/mol. The Kier molecular flexibility index (Phi) is 5.48. The number of carbonyl (C=O) groups is 1. The third-order valence-electron chi connectivity index (χ3n) is 4.60. The van der Waals surface area contributed by atoms with Crippen LogP contribution in [0.4, 0.5) is 13.2 Å². The Balaban J connectivity index is 1.82. The van der Waals surface area contributed by atoms with Gasteiger partial charge in [-0.15, -0.1) is 0 Å². The van der Waals surface area contributed by atoms with Crippen LogP contribution >= 0.6 is 0 Å². The number of rotatable bonds is 4. The van der Waals surface area contributed by atoms with Gasteiger partial charge in [-0.3, -0.25) is 9.69 Å². The van der Waals surface area contributed by atoms with E-state index in [1.165, 1.54) is 0 Å². The number of primary amides is 1. The van der Waals surface area contributed by atoms with Crippen LogP contribution in [0.15, 0.2) is 0 Å². The Bertz CT molecular complexity index is 354. The topological polar surface area (TPSA) is 58.4 Å². The molecule has 1 heterocycles. The number of hydrogen-bond donors (Lipinski definition) is 2. The number of nitrogens with two attached hydrogens (primary N) is 1. The smallest absolute Gasteiger partial charge is 0.369 e. The van der Waals surface area contributed by atoms with Gasteiger partial charge in [-0.1, -0.05) is 12.8 Å². The highest BCUT2D eigenvalue weighted by molar-refractivity contribution is 5.75. The van der Waals surface area contributed by atoms with Crippen LogP contribution in [0.25, 0.3) is 0 Å². The molecule has 2 atom stereocenters. The van der Waals surface area contributed by atoms with Crippen molar-refractivity contribution in [1.82, 2.24) is 10.2 Å². The van der Waals surface area contributed by atoms with E-state index >= 15 is 0 Å². The molecule has 3 N–H and O–H groups in total. The van der Waals surface area contributed by atoms with Crippen molar-refractivity contribution in [2.45, 2.75) is 56.8 Å². The number of halogens is 3. The van der Waals surface area contributed by atoms with Crippen molar-refractivity contribution in [3.05, 3.63) is 0 Å². The number of hydrogen-bond acceptors (Lipinski definition) is 3. The molecule has 1 aliphatic heterocycles. The summed E-state index contributed by atoms with van der Waals surface area (Å²) < 4.78 is 39.2. The SMILES string of the molecule is NC(=O)CN1CCC(NC2CCCCC2C(F)(F)F)CC1. The molecular weight excluding hydrogens is 283 g/mol. The molecule has 0 aromatic heterocycles. The molecule has 4 nitrogen and oxygen atoms in total. The highest BCUT2D eigenvalue weighted by Crippen LogP contribution is 2.38. The summed E-state index contributed by atoms with van der Waals surface area (Å²) in [5, 5.41) is 3.23. The predicted octanol–water partition coefficient (Wildman–Crippen LogP) is 1.65. The van der Waals surface area contributed by atoms with Crippen LogP contribution < -0.4 is 11.1 Å². The van der Waals surface area contributed by atoms with E-state index in [4.69, 9.17) is 5.73 Å². The molecule has 1 saturated heterocycles. The normalized spacial score (nSPS) is 29.5. The molecule has 1 aliphatic carbocycles. The highest BCUT2D eigenvalue weighted by Gasteiger charge is 2.45. The standard InChI is InChI=1S/C14H24F3N3O/c15-14(16,17)11-3-1-2-4-12(11)19-10-5-7-20(8-6-10)9-13(18)21/h10-12,19H,1-9H2,(H2,18,21). The lowest BCUT2D eigenvalue weighted by Gasteiger charge is -2.39. The monoisotopic (exact) mass is 307 g/mol. The van der Waals surface area contributed by atoms with E-state index in [2.05, 4.69) is 5.32 Å². The first-order valence-electron chi connectivity index (χ1n) is 7.69. The Labute approximate surface area is 123 Å². The number of likely N-dealkylation sites (tertiary alicyclic amines) is 1. The zero-order valence-electron chi connectivity index (χ0n) is 12.2. The number of alkyl halides is 3. The van der Waals surface area contributed by atoms with Gasteiger partial charge in [0.25, 0.3) is 0 Å². The maximum Gasteiger partial charge on any atom is 0.393 e. The summed E-state index contributed by atoms with van der Waals surface area (Å²) in [7, 11) is 0. The molecule has 122 valence electrons. The van der Waals surface area contributed by atoms with E-state index in [0.717, 1.165) is 19.3 Å². The first-order valence-corrected chi connectivity index (χ1v) is 7.69. The van der Waals surface area contributed by atoms with Gasteiger partial charge in [0.15, 0.2) is 0 Å². The molecule has 7 heteroatoms. The second kappa shape index (κ2) is 6.96. The van der Waals surface area contributed by atoms with Crippen molar-refractivity contribution in [2.75, 3.05) is 19.6 Å². The summed E-state index contributed by atoms with van der Waals surface area (Å²) >= 11 is 0. The fourth-order valence-corrected chi connectivity index (χ4v) is 3.50. The van der Waals surface area contributed by atoms with E-state index in [1.807, 2.05) is 4.90 Å². The van der Waals surface area contributed by atoms with Gasteiger partial charge in [-0.05, 0) is 25.7 Å². The third kappa shape index (κ3) is 4.85. The molecule has 0 spiro atoms. The van der Waals surface area contributed by atoms with Crippen molar-refractivity contribution in [1.29, 1.82) is 0 Å². The lowest BCUT2D eigenvalue weighted by atomic mass is 9.83. The van der Waals surface area contributed by atoms with Gasteiger partial charge in [0.2, 0.25) is 5.91 Å². The number of nitrogens with zero attached hydrogens (tertiary/aromatic N) is 1. The van der Waals surface area contributed by atoms with E-state index in [1.54, 1.807) is 0 Å². The van der Waals surface area contributed by atoms with Crippen LogP contribution in [0, 0.1) is 5.92 Å². The van der Waals surface area contributed by atoms with Gasteiger partial charge in [-0.25, -0.2) is 0 Å². The largest absolute Gasteiger partial charge is 0.393 e. The molecular formula is C14H24F3N3O. The van der Waals surface area contributed by atoms with E-state index in [9.17, 15) is 18.0 Å². The molecule has 0 aromatic rings. The quantitative estimate of drug-likeness (QED) is 0.830. The van der Waals surface area contributed by atoms with Gasteiger partial charge in [-0.2, -0.15) is 13.2 Å². The molecule has 0 bridgehead atoms. The fraction of sp³-hybridized carbons (Fsp3) is 0.929. The van der Waals surface area contributed by atoms with Gasteiger partial charge >= 0.3 is 6.18 Å². The van der Waals surface area contributed by atoms with E-state index in [-0.39, 0.29) is 24.9 Å². The molecule has 2 rings (SSSR count). The van der Waals surface area contributed by atoms with Gasteiger partial charge in [0.05, 0.1) is 12.5 Å². The first kappa shape index (κ1) is 16.5. The minimum Gasteiger partial charge on any atom is -0.369 e. The number of piperidine rings is 1. The second-order valence-electron chi connectivity index (χ2n) is 6.22. The van der Waals surface area contributed by atoms with E-state index in [0.29, 0.717) is 25.9 Å². The van der Waals surface area contributed by atoms with E-state index < -0.39 is 18.1 Å². The maximum atomic E-state index is 13.1. The van der Waals surface area contributed by atoms with Crippen LogP contribution in [0.2, 0.25) is 0 Å². The van der Waals surface area contributed by atoms with Crippen LogP contribution in [-0.4, -0.2) is 48.7 Å². The van der Waals surface area contributed by atoms with Crippen molar-refractivity contribution in [2.24, 2.45) is 11.7 Å². The van der Waals surface area contributed by atoms with Crippen molar-refractivity contribution >= 4 is 5.91 Å². The minimum atomic E-state index is -4.11. The average molecular weight is 307 g/mol. The molecule has 2 aliphatic rings. The average Bonchev–Trinajstić information content (AvgIpc) is 2.40. The maximum absolute atomic E-state index is 13.1. The Morgan fingerprint density at radius 1 is 1.14 bits per heavy atom. The first-order chi connectivity index (χ1) is 9.86. The van der Waals surface area contributed by atoms with Crippen LogP contribution in [0.1, 0.15) is 38.5 Å². The minimum absolute atomic E-state index is 0.113. The summed E-state index contributed by atoms with van der Waals surface area (Å²) in [5.41, 5.74) is 5.15. The summed E-state index contributed by atoms with van der Waals surface area (Å²) in [6, 6.07) is -0.339. The molecule has 2 fully saturated rings. The highest BCUT2D eigenvalue weighted by atomic mass is 19.4. The molecule has 0 radical (unpaired) electrons. The lowest BCUT2D eigenvalue weighted by Crippen LogP contribution is -2.52. The summed E-state index contributed by atoms with van der Waals surface area (Å²) in [6.45, 7) is 1.66. The Morgan fingerprint density at radius 3 is 2.33 bits per heavy atom. The number of carbonyl (C=O) groups excluding carboxylic acids is 1. The Morgan fingerprint density at radius 2 is 1.76 bits per heavy atom. The van der Waals surface area contributed by atoms with Crippen LogP contribution in [-0.2, 0) is 4.79 Å². The zero-order valence-corrected chi connectivity index (χ0v) is 12.2. The van der Waals surface area contributed by atoms with Crippen molar-refractivity contribution in [3.63, 3.8) is 0 Å². The molecule has 1 amide bonds. The lowest BCUT2D eigenvalue weighted by molar-refractivity contribution is -0.189. The van der Waals surface area contributed by atoms with Crippen LogP contribution in [0.3, 0.4) is 0 Å². The number of amides is 1. The Hall–Kier alpha value is -0.820. The van der Waals surface area contributed by atoms with Crippen molar-refractivity contribution in [3.8, 4) is 0 Å². The molecule has 1 saturated carbocycles. The second-order valence-corrected chi connectivity index (χ2v) is 6.22. The zero-order chi connectivity index (χ0) is 15.5. The van der Waals surface area contributed by atoms with Gasteiger partial charge in [0.1, 0.15) is 0 Å². The van der Waals surface area contributed by atoms with Crippen molar-refractivity contribution < 1.29 is 18.0 Å². The molecule has 21 heavy (non-hydrogen) atoms. The van der Waals surface area contributed by atoms with Gasteiger partial charge in [0, 0.05) is 25.2 Å². The van der Waals surface area contributed by atoms with Gasteiger partial charge < -0.3 is 11.1 Å². The summed E-state index contributed by atoms with van der Waals surface area (Å²) in [6.07, 6.45) is -0.189. The third-order valence-corrected chi connectivity index (χ3v) is 4.60. The summed E-state index contributed by atoms with van der Waals surface area (Å²) in [4.78, 5) is 12.8. The molecule has 0 aromatic carbocycles. The fourth-order valence-electron chi connectivity index (χ4n) is 3.50.